The minimum atomic E-state index is -1.04. The van der Waals surface area contributed by atoms with E-state index >= 15 is 0 Å². The lowest BCUT2D eigenvalue weighted by Crippen LogP contribution is -2.16. The minimum Gasteiger partial charge on any atom is -0.478 e. The summed E-state index contributed by atoms with van der Waals surface area (Å²) in [5, 5.41) is 11.7. The fourth-order valence-corrected chi connectivity index (χ4v) is 1.70. The van der Waals surface area contributed by atoms with Gasteiger partial charge in [0.1, 0.15) is 0 Å². The normalized spacial score (nSPS) is 9.89. The van der Waals surface area contributed by atoms with E-state index in [1.165, 1.54) is 12.3 Å². The number of benzene rings is 1. The van der Waals surface area contributed by atoms with Crippen LogP contribution >= 0.6 is 0 Å². The molecule has 0 saturated carbocycles. The molecule has 0 aliphatic carbocycles. The molecule has 5 nitrogen and oxygen atoms in total. The van der Waals surface area contributed by atoms with Gasteiger partial charge in [-0.2, -0.15) is 0 Å². The Bertz CT molecular complexity index is 597. The third kappa shape index (κ3) is 3.38. The molecule has 0 fully saturated rings. The highest BCUT2D eigenvalue weighted by Crippen LogP contribution is 2.11. The predicted molar refractivity (Wildman–Crippen MR) is 70.0 cm³/mol. The number of aromatic carboxylic acids is 1. The van der Waals surface area contributed by atoms with Gasteiger partial charge in [-0.15, -0.1) is 0 Å². The summed E-state index contributed by atoms with van der Waals surface area (Å²) >= 11 is 0. The maximum absolute atomic E-state index is 11.8. The number of hydrogen-bond acceptors (Lipinski definition) is 3. The zero-order valence-electron chi connectivity index (χ0n) is 10.0. The van der Waals surface area contributed by atoms with Crippen molar-refractivity contribution in [2.24, 2.45) is 0 Å². The van der Waals surface area contributed by atoms with Crippen molar-refractivity contribution in [1.29, 1.82) is 0 Å². The summed E-state index contributed by atoms with van der Waals surface area (Å²) in [5.74, 6) is -1.31. The number of carboxylic acid groups (broad SMARTS) is 1. The molecule has 2 aromatic rings. The summed E-state index contributed by atoms with van der Waals surface area (Å²) in [6.45, 7) is 0. The fraction of sp³-hybridized carbons (Fsp3) is 0.0714. The number of anilines is 1. The number of carbonyl (C=O) groups excluding carboxylic acids is 1. The fourth-order valence-electron chi connectivity index (χ4n) is 1.70. The second-order valence-corrected chi connectivity index (χ2v) is 3.93. The van der Waals surface area contributed by atoms with Crippen LogP contribution in [0.25, 0.3) is 0 Å². The molecule has 0 atom stereocenters. The highest BCUT2D eigenvalue weighted by molar-refractivity contribution is 5.95. The lowest BCUT2D eigenvalue weighted by atomic mass is 10.0. The van der Waals surface area contributed by atoms with Gasteiger partial charge in [0.25, 0.3) is 0 Å². The Morgan fingerprint density at radius 2 is 1.95 bits per heavy atom. The zero-order chi connectivity index (χ0) is 13.7. The van der Waals surface area contributed by atoms with Crippen molar-refractivity contribution in [2.45, 2.75) is 6.42 Å². The first kappa shape index (κ1) is 12.8. The van der Waals surface area contributed by atoms with E-state index in [0.29, 0.717) is 11.3 Å². The van der Waals surface area contributed by atoms with Gasteiger partial charge in [-0.3, -0.25) is 9.78 Å². The van der Waals surface area contributed by atoms with E-state index < -0.39 is 5.97 Å². The van der Waals surface area contributed by atoms with E-state index in [1.807, 2.05) is 0 Å². The molecule has 1 aromatic carbocycles. The molecular weight excluding hydrogens is 244 g/mol. The summed E-state index contributed by atoms with van der Waals surface area (Å²) in [7, 11) is 0. The summed E-state index contributed by atoms with van der Waals surface area (Å²) in [4.78, 5) is 26.7. The van der Waals surface area contributed by atoms with Crippen molar-refractivity contribution in [3.63, 3.8) is 0 Å². The Morgan fingerprint density at radius 1 is 1.16 bits per heavy atom. The van der Waals surface area contributed by atoms with E-state index in [9.17, 15) is 9.59 Å². The molecule has 2 rings (SSSR count). The van der Waals surface area contributed by atoms with Gasteiger partial charge in [0.05, 0.1) is 23.9 Å². The molecular formula is C14H12N2O3. The number of aromatic nitrogens is 1. The number of nitrogens with one attached hydrogen (secondary N) is 1. The highest BCUT2D eigenvalue weighted by atomic mass is 16.4. The standard InChI is InChI=1S/C14H12N2O3/c17-13(16-11-5-3-7-15-9-11)8-10-4-1-2-6-12(10)14(18)19/h1-7,9H,8H2,(H,16,17)(H,18,19). The Hall–Kier alpha value is -2.69. The quantitative estimate of drug-likeness (QED) is 0.876. The number of pyridine rings is 1. The summed E-state index contributed by atoms with van der Waals surface area (Å²) < 4.78 is 0. The van der Waals surface area contributed by atoms with Crippen LogP contribution in [0, 0.1) is 0 Å². The first-order valence-electron chi connectivity index (χ1n) is 5.68. The molecule has 0 unspecified atom stereocenters. The number of hydrogen-bond donors (Lipinski definition) is 2. The van der Waals surface area contributed by atoms with Crippen molar-refractivity contribution in [1.82, 2.24) is 4.98 Å². The predicted octanol–water partition coefficient (Wildman–Crippen LogP) is 1.96. The van der Waals surface area contributed by atoms with Gasteiger partial charge in [0.15, 0.2) is 0 Å². The lowest BCUT2D eigenvalue weighted by Gasteiger charge is -2.07. The van der Waals surface area contributed by atoms with Crippen LogP contribution in [-0.2, 0) is 11.2 Å². The number of rotatable bonds is 4. The Balaban J connectivity index is 2.09. The largest absolute Gasteiger partial charge is 0.478 e. The molecule has 1 aromatic heterocycles. The van der Waals surface area contributed by atoms with Gasteiger partial charge in [-0.05, 0) is 23.8 Å². The van der Waals surface area contributed by atoms with E-state index in [1.54, 1.807) is 36.5 Å². The monoisotopic (exact) mass is 256 g/mol. The first-order valence-corrected chi connectivity index (χ1v) is 5.68. The molecule has 1 amide bonds. The zero-order valence-corrected chi connectivity index (χ0v) is 10.0. The average molecular weight is 256 g/mol. The average Bonchev–Trinajstić information content (AvgIpc) is 2.40. The third-order valence-electron chi connectivity index (χ3n) is 2.54. The van der Waals surface area contributed by atoms with Gasteiger partial charge in [-0.25, -0.2) is 4.79 Å². The molecule has 2 N–H and O–H groups in total. The molecule has 5 heteroatoms. The van der Waals surface area contributed by atoms with Crippen LogP contribution in [0.2, 0.25) is 0 Å². The number of nitrogens with zero attached hydrogens (tertiary/aromatic N) is 1. The molecule has 19 heavy (non-hydrogen) atoms. The molecule has 0 spiro atoms. The third-order valence-corrected chi connectivity index (χ3v) is 2.54. The molecule has 0 aliphatic heterocycles. The highest BCUT2D eigenvalue weighted by Gasteiger charge is 2.12. The van der Waals surface area contributed by atoms with Crippen molar-refractivity contribution in [2.75, 3.05) is 5.32 Å². The van der Waals surface area contributed by atoms with Gasteiger partial charge < -0.3 is 10.4 Å². The van der Waals surface area contributed by atoms with Crippen molar-refractivity contribution in [3.8, 4) is 0 Å². The smallest absolute Gasteiger partial charge is 0.335 e. The molecule has 0 aliphatic rings. The molecule has 1 heterocycles. The number of carbonyl (C=O) groups is 2. The number of carboxylic acids is 1. The minimum absolute atomic E-state index is 0.0113. The van der Waals surface area contributed by atoms with Crippen LogP contribution in [0.5, 0.6) is 0 Å². The maximum atomic E-state index is 11.8. The Morgan fingerprint density at radius 3 is 2.63 bits per heavy atom. The molecule has 0 bridgehead atoms. The lowest BCUT2D eigenvalue weighted by molar-refractivity contribution is -0.115. The van der Waals surface area contributed by atoms with Crippen LogP contribution in [0.3, 0.4) is 0 Å². The Labute approximate surface area is 109 Å². The topological polar surface area (TPSA) is 79.3 Å². The summed E-state index contributed by atoms with van der Waals surface area (Å²) in [5.41, 5.74) is 1.21. The molecule has 96 valence electrons. The van der Waals surface area contributed by atoms with E-state index in [-0.39, 0.29) is 17.9 Å². The van der Waals surface area contributed by atoms with Gasteiger partial charge in [0.2, 0.25) is 5.91 Å². The summed E-state index contributed by atoms with van der Waals surface area (Å²) in [6, 6.07) is 9.88. The first-order chi connectivity index (χ1) is 9.16. The van der Waals surface area contributed by atoms with Crippen molar-refractivity contribution in [3.05, 3.63) is 59.9 Å². The van der Waals surface area contributed by atoms with Crippen LogP contribution < -0.4 is 5.32 Å². The SMILES string of the molecule is O=C(Cc1ccccc1C(=O)O)Nc1cccnc1. The van der Waals surface area contributed by atoms with Gasteiger partial charge in [-0.1, -0.05) is 18.2 Å². The van der Waals surface area contributed by atoms with Crippen LogP contribution in [0.4, 0.5) is 5.69 Å². The molecule has 0 radical (unpaired) electrons. The van der Waals surface area contributed by atoms with Crippen LogP contribution in [0.15, 0.2) is 48.8 Å². The molecule has 0 saturated heterocycles. The van der Waals surface area contributed by atoms with Crippen LogP contribution in [0.1, 0.15) is 15.9 Å². The van der Waals surface area contributed by atoms with Gasteiger partial charge in [0, 0.05) is 6.20 Å². The number of amides is 1. The van der Waals surface area contributed by atoms with Crippen LogP contribution in [-0.4, -0.2) is 22.0 Å². The maximum Gasteiger partial charge on any atom is 0.335 e. The van der Waals surface area contributed by atoms with E-state index in [0.717, 1.165) is 0 Å². The van der Waals surface area contributed by atoms with E-state index in [2.05, 4.69) is 10.3 Å². The van der Waals surface area contributed by atoms with Crippen molar-refractivity contribution < 1.29 is 14.7 Å². The second-order valence-electron chi connectivity index (χ2n) is 3.93. The van der Waals surface area contributed by atoms with Gasteiger partial charge >= 0.3 is 5.97 Å². The Kier molecular flexibility index (Phi) is 3.87. The second kappa shape index (κ2) is 5.77. The van der Waals surface area contributed by atoms with Crippen molar-refractivity contribution >= 4 is 17.6 Å². The summed E-state index contributed by atoms with van der Waals surface area (Å²) in [6.07, 6.45) is 3.15. The van der Waals surface area contributed by atoms with E-state index in [4.69, 9.17) is 5.11 Å².